The van der Waals surface area contributed by atoms with Crippen LogP contribution in [0, 0.1) is 5.92 Å². The lowest BCUT2D eigenvalue weighted by Gasteiger charge is -2.36. The van der Waals surface area contributed by atoms with Crippen molar-refractivity contribution in [1.82, 2.24) is 9.88 Å². The third kappa shape index (κ3) is 3.50. The van der Waals surface area contributed by atoms with Crippen LogP contribution in [0.3, 0.4) is 0 Å². The van der Waals surface area contributed by atoms with Crippen molar-refractivity contribution in [3.05, 3.63) is 22.8 Å². The van der Waals surface area contributed by atoms with Crippen LogP contribution in [0.15, 0.2) is 12.3 Å². The van der Waals surface area contributed by atoms with E-state index in [0.29, 0.717) is 19.6 Å². The first-order chi connectivity index (χ1) is 10.4. The fraction of sp³-hybridized carbons (Fsp3) is 0.533. The van der Waals surface area contributed by atoms with Gasteiger partial charge in [0, 0.05) is 12.7 Å². The van der Waals surface area contributed by atoms with E-state index >= 15 is 0 Å². The van der Waals surface area contributed by atoms with Crippen LogP contribution in [0.1, 0.15) is 37.0 Å². The normalized spacial score (nSPS) is 21.5. The van der Waals surface area contributed by atoms with E-state index in [-0.39, 0.29) is 28.3 Å². The third-order valence-electron chi connectivity index (χ3n) is 3.75. The monoisotopic (exact) mass is 326 g/mol. The zero-order valence-electron chi connectivity index (χ0n) is 12.6. The minimum absolute atomic E-state index is 0.241. The van der Waals surface area contributed by atoms with Crippen LogP contribution in [0.2, 0.25) is 5.02 Å². The molecule has 2 unspecified atom stereocenters. The summed E-state index contributed by atoms with van der Waals surface area (Å²) in [5, 5.41) is 9.58. The number of hydrogen-bond acceptors (Lipinski definition) is 4. The number of ether oxygens (including phenoxy) is 1. The van der Waals surface area contributed by atoms with Crippen LogP contribution in [0.25, 0.3) is 0 Å². The fourth-order valence-corrected chi connectivity index (χ4v) is 2.79. The molecular formula is C15H19ClN2O4. The average Bonchev–Trinajstić information content (AvgIpc) is 2.48. The first-order valence-corrected chi connectivity index (χ1v) is 7.64. The largest absolute Gasteiger partial charge is 0.480 e. The maximum absolute atomic E-state index is 12.6. The second-order valence-corrected chi connectivity index (χ2v) is 5.83. The number of aromatic nitrogens is 1. The summed E-state index contributed by atoms with van der Waals surface area (Å²) < 4.78 is 5.23. The molecular weight excluding hydrogens is 308 g/mol. The Balaban J connectivity index is 2.22. The van der Waals surface area contributed by atoms with Crippen molar-refractivity contribution in [2.75, 3.05) is 13.2 Å². The van der Waals surface area contributed by atoms with Gasteiger partial charge in [0.2, 0.25) is 5.88 Å². The van der Waals surface area contributed by atoms with Gasteiger partial charge >= 0.3 is 5.97 Å². The molecule has 2 rings (SSSR count). The van der Waals surface area contributed by atoms with Crippen molar-refractivity contribution in [3.8, 4) is 5.88 Å². The molecule has 1 N–H and O–H groups in total. The molecule has 1 aliphatic rings. The van der Waals surface area contributed by atoms with E-state index in [4.69, 9.17) is 16.3 Å². The molecule has 0 spiro atoms. The molecule has 7 heteroatoms. The van der Waals surface area contributed by atoms with Crippen molar-refractivity contribution >= 4 is 23.5 Å². The second-order valence-electron chi connectivity index (χ2n) is 5.43. The van der Waals surface area contributed by atoms with Gasteiger partial charge in [0.1, 0.15) is 11.1 Å². The zero-order valence-corrected chi connectivity index (χ0v) is 13.3. The Hall–Kier alpha value is -1.82. The van der Waals surface area contributed by atoms with Gasteiger partial charge in [-0.3, -0.25) is 4.79 Å². The quantitative estimate of drug-likeness (QED) is 0.919. The number of halogens is 1. The summed E-state index contributed by atoms with van der Waals surface area (Å²) in [6.07, 6.45) is 2.61. The van der Waals surface area contributed by atoms with Gasteiger partial charge in [-0.2, -0.15) is 0 Å². The van der Waals surface area contributed by atoms with Gasteiger partial charge in [0.05, 0.1) is 12.2 Å². The molecule has 1 amide bonds. The van der Waals surface area contributed by atoms with Crippen molar-refractivity contribution in [2.45, 2.75) is 32.7 Å². The van der Waals surface area contributed by atoms with Gasteiger partial charge in [0.15, 0.2) is 0 Å². The summed E-state index contributed by atoms with van der Waals surface area (Å²) in [6.45, 7) is 4.64. The van der Waals surface area contributed by atoms with Gasteiger partial charge in [-0.05, 0) is 31.7 Å². The summed E-state index contributed by atoms with van der Waals surface area (Å²) in [5.74, 6) is -0.795. The van der Waals surface area contributed by atoms with E-state index in [2.05, 4.69) is 4.98 Å². The molecule has 0 bridgehead atoms. The lowest BCUT2D eigenvalue weighted by molar-refractivity contribution is -0.144. The average molecular weight is 327 g/mol. The van der Waals surface area contributed by atoms with Crippen LogP contribution >= 0.6 is 11.6 Å². The standard InChI is InChI=1S/C15H19ClN2O4/c1-3-22-13-11(16)7-10(8-17-13)14(19)18-5-4-9(2)6-12(18)15(20)21/h7-9,12H,3-6H2,1-2H3,(H,20,21). The number of carboxylic acid groups (broad SMARTS) is 1. The topological polar surface area (TPSA) is 79.7 Å². The Morgan fingerprint density at radius 2 is 2.27 bits per heavy atom. The molecule has 0 saturated carbocycles. The predicted molar refractivity (Wildman–Crippen MR) is 81.3 cm³/mol. The van der Waals surface area contributed by atoms with Gasteiger partial charge in [-0.15, -0.1) is 0 Å². The number of piperidine rings is 1. The molecule has 0 radical (unpaired) electrons. The smallest absolute Gasteiger partial charge is 0.326 e. The Morgan fingerprint density at radius 3 is 2.86 bits per heavy atom. The highest BCUT2D eigenvalue weighted by molar-refractivity contribution is 6.32. The molecule has 0 aliphatic carbocycles. The molecule has 1 fully saturated rings. The molecule has 2 heterocycles. The molecule has 120 valence electrons. The van der Waals surface area contributed by atoms with Gasteiger partial charge in [-0.1, -0.05) is 18.5 Å². The first kappa shape index (κ1) is 16.5. The van der Waals surface area contributed by atoms with Crippen molar-refractivity contribution in [2.24, 2.45) is 5.92 Å². The molecule has 0 aromatic carbocycles. The zero-order chi connectivity index (χ0) is 16.3. The SMILES string of the molecule is CCOc1ncc(C(=O)N2CCC(C)CC2C(=O)O)cc1Cl. The van der Waals surface area contributed by atoms with Gasteiger partial charge in [0.25, 0.3) is 5.91 Å². The number of pyridine rings is 1. The molecule has 6 nitrogen and oxygen atoms in total. The number of nitrogens with zero attached hydrogens (tertiary/aromatic N) is 2. The summed E-state index contributed by atoms with van der Waals surface area (Å²) in [7, 11) is 0. The number of carboxylic acids is 1. The van der Waals surface area contributed by atoms with E-state index in [1.54, 1.807) is 0 Å². The van der Waals surface area contributed by atoms with E-state index in [9.17, 15) is 14.7 Å². The van der Waals surface area contributed by atoms with E-state index in [1.165, 1.54) is 17.2 Å². The van der Waals surface area contributed by atoms with Gasteiger partial charge in [-0.25, -0.2) is 9.78 Å². The lowest BCUT2D eigenvalue weighted by Crippen LogP contribution is -2.49. The molecule has 1 saturated heterocycles. The van der Waals surface area contributed by atoms with Crippen LogP contribution in [0.5, 0.6) is 5.88 Å². The molecule has 1 aliphatic heterocycles. The van der Waals surface area contributed by atoms with Crippen LogP contribution in [-0.4, -0.2) is 46.1 Å². The fourth-order valence-electron chi connectivity index (χ4n) is 2.57. The van der Waals surface area contributed by atoms with Crippen molar-refractivity contribution in [1.29, 1.82) is 0 Å². The van der Waals surface area contributed by atoms with E-state index in [1.807, 2.05) is 13.8 Å². The number of carbonyl (C=O) groups excluding carboxylic acids is 1. The molecule has 2 atom stereocenters. The van der Waals surface area contributed by atoms with Crippen LogP contribution < -0.4 is 4.74 Å². The van der Waals surface area contributed by atoms with Crippen LogP contribution in [-0.2, 0) is 4.79 Å². The highest BCUT2D eigenvalue weighted by Crippen LogP contribution is 2.27. The number of rotatable bonds is 4. The highest BCUT2D eigenvalue weighted by Gasteiger charge is 2.35. The number of carbonyl (C=O) groups is 2. The molecule has 1 aromatic rings. The Labute approximate surface area is 134 Å². The molecule has 1 aromatic heterocycles. The molecule has 22 heavy (non-hydrogen) atoms. The summed E-state index contributed by atoms with van der Waals surface area (Å²) >= 11 is 6.04. The van der Waals surface area contributed by atoms with Crippen molar-refractivity contribution in [3.63, 3.8) is 0 Å². The van der Waals surface area contributed by atoms with Gasteiger partial charge < -0.3 is 14.7 Å². The Morgan fingerprint density at radius 1 is 1.55 bits per heavy atom. The summed E-state index contributed by atoms with van der Waals surface area (Å²) in [4.78, 5) is 29.4. The van der Waals surface area contributed by atoms with E-state index < -0.39 is 12.0 Å². The highest BCUT2D eigenvalue weighted by atomic mass is 35.5. The number of hydrogen-bond donors (Lipinski definition) is 1. The minimum Gasteiger partial charge on any atom is -0.480 e. The minimum atomic E-state index is -0.982. The third-order valence-corrected chi connectivity index (χ3v) is 4.02. The maximum atomic E-state index is 12.6. The lowest BCUT2D eigenvalue weighted by atomic mass is 9.92. The predicted octanol–water partition coefficient (Wildman–Crippen LogP) is 2.46. The summed E-state index contributed by atoms with van der Waals surface area (Å²) in [5.41, 5.74) is 0.272. The number of amides is 1. The second kappa shape index (κ2) is 6.96. The Kier molecular flexibility index (Phi) is 5.24. The number of aliphatic carboxylic acids is 1. The Bertz CT molecular complexity index is 579. The van der Waals surface area contributed by atoms with Crippen molar-refractivity contribution < 1.29 is 19.4 Å². The number of likely N-dealkylation sites (tertiary alicyclic amines) is 1. The summed E-state index contributed by atoms with van der Waals surface area (Å²) in [6, 6.07) is 0.667. The van der Waals surface area contributed by atoms with Crippen LogP contribution in [0.4, 0.5) is 0 Å². The van der Waals surface area contributed by atoms with E-state index in [0.717, 1.165) is 6.42 Å². The first-order valence-electron chi connectivity index (χ1n) is 7.26. The maximum Gasteiger partial charge on any atom is 0.326 e.